The van der Waals surface area contributed by atoms with Crippen molar-refractivity contribution in [2.45, 2.75) is 27.2 Å². The van der Waals surface area contributed by atoms with Crippen LogP contribution in [0.3, 0.4) is 0 Å². The molecule has 0 heterocycles. The Labute approximate surface area is 148 Å². The normalized spacial score (nSPS) is 10.2. The first-order valence-corrected chi connectivity index (χ1v) is 8.23. The summed E-state index contributed by atoms with van der Waals surface area (Å²) >= 11 is 0. The van der Waals surface area contributed by atoms with Crippen LogP contribution in [0, 0.1) is 13.8 Å². The number of nitrogens with one attached hydrogen (secondary N) is 1. The van der Waals surface area contributed by atoms with Crippen LogP contribution >= 0.6 is 0 Å². The number of anilines is 1. The molecule has 0 atom stereocenters. The minimum absolute atomic E-state index is 0.232. The molecule has 0 fully saturated rings. The van der Waals surface area contributed by atoms with Gasteiger partial charge in [0.1, 0.15) is 5.75 Å². The highest BCUT2D eigenvalue weighted by atomic mass is 16.6. The summed E-state index contributed by atoms with van der Waals surface area (Å²) in [5, 5.41) is 2.71. The number of esters is 1. The van der Waals surface area contributed by atoms with E-state index >= 15 is 0 Å². The molecule has 2 aromatic carbocycles. The van der Waals surface area contributed by atoms with E-state index in [0.29, 0.717) is 11.4 Å². The monoisotopic (exact) mass is 341 g/mol. The Kier molecular flexibility index (Phi) is 6.57. The molecule has 5 heteroatoms. The number of para-hydroxylation sites is 1. The highest BCUT2D eigenvalue weighted by Crippen LogP contribution is 2.22. The number of carbonyl (C=O) groups excluding carboxylic acids is 2. The molecule has 0 aliphatic rings. The van der Waals surface area contributed by atoms with Crippen LogP contribution in [0.15, 0.2) is 42.5 Å². The minimum Gasteiger partial charge on any atom is -0.481 e. The van der Waals surface area contributed by atoms with Crippen molar-refractivity contribution in [2.75, 3.05) is 18.5 Å². The third kappa shape index (κ3) is 5.64. The van der Waals surface area contributed by atoms with E-state index in [0.717, 1.165) is 23.1 Å². The van der Waals surface area contributed by atoms with Crippen molar-refractivity contribution < 1.29 is 19.1 Å². The van der Waals surface area contributed by atoms with Crippen molar-refractivity contribution >= 4 is 17.6 Å². The smallest absolute Gasteiger partial charge is 0.344 e. The molecule has 0 spiro atoms. The van der Waals surface area contributed by atoms with E-state index in [-0.39, 0.29) is 19.1 Å². The molecule has 132 valence electrons. The minimum atomic E-state index is -0.583. The van der Waals surface area contributed by atoms with E-state index in [1.54, 1.807) is 6.07 Å². The van der Waals surface area contributed by atoms with Crippen LogP contribution in [-0.2, 0) is 20.7 Å². The summed E-state index contributed by atoms with van der Waals surface area (Å²) in [5.41, 5.74) is 3.70. The lowest BCUT2D eigenvalue weighted by Gasteiger charge is -2.11. The molecule has 25 heavy (non-hydrogen) atoms. The van der Waals surface area contributed by atoms with Crippen LogP contribution in [0.4, 0.5) is 5.69 Å². The maximum Gasteiger partial charge on any atom is 0.344 e. The summed E-state index contributed by atoms with van der Waals surface area (Å²) in [6, 6.07) is 13.3. The number of carbonyl (C=O) groups is 2. The molecule has 2 rings (SSSR count). The SMILES string of the molecule is CCc1cccc(NC(=O)COC(=O)COc2c(C)cccc2C)c1. The molecule has 1 N–H and O–H groups in total. The Morgan fingerprint density at radius 1 is 1.00 bits per heavy atom. The van der Waals surface area contributed by atoms with Gasteiger partial charge in [-0.3, -0.25) is 4.79 Å². The van der Waals surface area contributed by atoms with Gasteiger partial charge >= 0.3 is 5.97 Å². The van der Waals surface area contributed by atoms with E-state index in [4.69, 9.17) is 9.47 Å². The van der Waals surface area contributed by atoms with Gasteiger partial charge in [0, 0.05) is 5.69 Å². The van der Waals surface area contributed by atoms with Crippen LogP contribution in [0.25, 0.3) is 0 Å². The third-order valence-electron chi connectivity index (χ3n) is 3.73. The molecule has 5 nitrogen and oxygen atoms in total. The van der Waals surface area contributed by atoms with Crippen molar-refractivity contribution in [1.29, 1.82) is 0 Å². The predicted octanol–water partition coefficient (Wildman–Crippen LogP) is 3.43. The zero-order valence-corrected chi connectivity index (χ0v) is 14.8. The fourth-order valence-corrected chi connectivity index (χ4v) is 2.41. The zero-order chi connectivity index (χ0) is 18.2. The number of hydrogen-bond donors (Lipinski definition) is 1. The molecular formula is C20H23NO4. The highest BCUT2D eigenvalue weighted by Gasteiger charge is 2.11. The van der Waals surface area contributed by atoms with Gasteiger partial charge in [-0.05, 0) is 49.1 Å². The number of ether oxygens (including phenoxy) is 2. The molecule has 0 bridgehead atoms. The molecule has 0 aliphatic heterocycles. The van der Waals surface area contributed by atoms with Crippen LogP contribution in [-0.4, -0.2) is 25.1 Å². The van der Waals surface area contributed by atoms with Gasteiger partial charge in [-0.15, -0.1) is 0 Å². The van der Waals surface area contributed by atoms with Gasteiger partial charge in [0.15, 0.2) is 13.2 Å². The molecule has 0 aliphatic carbocycles. The lowest BCUT2D eigenvalue weighted by atomic mass is 10.1. The van der Waals surface area contributed by atoms with Crippen LogP contribution in [0.1, 0.15) is 23.6 Å². The fraction of sp³-hybridized carbons (Fsp3) is 0.300. The molecule has 0 saturated carbocycles. The molecule has 0 saturated heterocycles. The molecule has 2 aromatic rings. The Hall–Kier alpha value is -2.82. The Morgan fingerprint density at radius 2 is 1.68 bits per heavy atom. The second kappa shape index (κ2) is 8.87. The number of benzene rings is 2. The lowest BCUT2D eigenvalue weighted by Crippen LogP contribution is -2.23. The second-order valence-electron chi connectivity index (χ2n) is 5.77. The van der Waals surface area contributed by atoms with Gasteiger partial charge in [0.25, 0.3) is 5.91 Å². The number of aryl methyl sites for hydroxylation is 3. The van der Waals surface area contributed by atoms with Crippen molar-refractivity contribution in [3.63, 3.8) is 0 Å². The van der Waals surface area contributed by atoms with Crippen LogP contribution in [0.5, 0.6) is 5.75 Å². The first-order valence-electron chi connectivity index (χ1n) is 8.23. The van der Waals surface area contributed by atoms with Crippen molar-refractivity contribution in [3.05, 3.63) is 59.2 Å². The summed E-state index contributed by atoms with van der Waals surface area (Å²) < 4.78 is 10.5. The average molecular weight is 341 g/mol. The van der Waals surface area contributed by atoms with E-state index in [2.05, 4.69) is 5.32 Å². The Morgan fingerprint density at radius 3 is 2.36 bits per heavy atom. The topological polar surface area (TPSA) is 64.6 Å². The van der Waals surface area contributed by atoms with Gasteiger partial charge in [0.2, 0.25) is 0 Å². The third-order valence-corrected chi connectivity index (χ3v) is 3.73. The van der Waals surface area contributed by atoms with Crippen molar-refractivity contribution in [3.8, 4) is 5.75 Å². The summed E-state index contributed by atoms with van der Waals surface area (Å²) in [5.74, 6) is -0.297. The summed E-state index contributed by atoms with van der Waals surface area (Å²) in [7, 11) is 0. The Balaban J connectivity index is 1.78. The molecule has 0 unspecified atom stereocenters. The van der Waals surface area contributed by atoms with Crippen molar-refractivity contribution in [2.24, 2.45) is 0 Å². The summed E-state index contributed by atoms with van der Waals surface area (Å²) in [6.07, 6.45) is 0.883. The Bertz CT molecular complexity index is 735. The lowest BCUT2D eigenvalue weighted by molar-refractivity contribution is -0.149. The summed E-state index contributed by atoms with van der Waals surface area (Å²) in [6.45, 7) is 5.28. The maximum atomic E-state index is 11.9. The van der Waals surface area contributed by atoms with E-state index in [9.17, 15) is 9.59 Å². The largest absolute Gasteiger partial charge is 0.481 e. The first kappa shape index (κ1) is 18.5. The maximum absolute atomic E-state index is 11.9. The molecule has 1 amide bonds. The molecular weight excluding hydrogens is 318 g/mol. The highest BCUT2D eigenvalue weighted by molar-refractivity contribution is 5.92. The van der Waals surface area contributed by atoms with Crippen molar-refractivity contribution in [1.82, 2.24) is 0 Å². The van der Waals surface area contributed by atoms with Crippen LogP contribution in [0.2, 0.25) is 0 Å². The predicted molar refractivity (Wildman–Crippen MR) is 96.8 cm³/mol. The number of rotatable bonds is 7. The first-order chi connectivity index (χ1) is 12.0. The summed E-state index contributed by atoms with van der Waals surface area (Å²) in [4.78, 5) is 23.6. The van der Waals surface area contributed by atoms with E-state index < -0.39 is 5.97 Å². The molecule has 0 aromatic heterocycles. The number of amides is 1. The van der Waals surface area contributed by atoms with E-state index in [1.165, 1.54) is 0 Å². The fourth-order valence-electron chi connectivity index (χ4n) is 2.41. The van der Waals surface area contributed by atoms with Gasteiger partial charge in [0.05, 0.1) is 0 Å². The standard InChI is InChI=1S/C20H23NO4/c1-4-16-9-6-10-17(11-16)21-18(22)12-24-19(23)13-25-20-14(2)7-5-8-15(20)3/h5-11H,4,12-13H2,1-3H3,(H,21,22). The van der Waals surface area contributed by atoms with Gasteiger partial charge in [-0.1, -0.05) is 37.3 Å². The second-order valence-corrected chi connectivity index (χ2v) is 5.77. The van der Waals surface area contributed by atoms with Gasteiger partial charge < -0.3 is 14.8 Å². The average Bonchev–Trinajstić information content (AvgIpc) is 2.59. The zero-order valence-electron chi connectivity index (χ0n) is 14.8. The van der Waals surface area contributed by atoms with E-state index in [1.807, 2.05) is 57.2 Å². The molecule has 0 radical (unpaired) electrons. The van der Waals surface area contributed by atoms with Crippen LogP contribution < -0.4 is 10.1 Å². The quantitative estimate of drug-likeness (QED) is 0.784. The van der Waals surface area contributed by atoms with Gasteiger partial charge in [-0.25, -0.2) is 4.79 Å². The van der Waals surface area contributed by atoms with Gasteiger partial charge in [-0.2, -0.15) is 0 Å². The number of hydrogen-bond acceptors (Lipinski definition) is 4.